The van der Waals surface area contributed by atoms with E-state index < -0.39 is 5.79 Å². The molecule has 0 aromatic carbocycles. The summed E-state index contributed by atoms with van der Waals surface area (Å²) in [4.78, 5) is 0. The van der Waals surface area contributed by atoms with Crippen LogP contribution in [0.25, 0.3) is 0 Å². The fourth-order valence-corrected chi connectivity index (χ4v) is 1.95. The van der Waals surface area contributed by atoms with E-state index in [9.17, 15) is 0 Å². The SMILES string of the molecule is CO[C@H]1O[C@@H](C)[C@@H]2OC(C)(C)O[C@H]12. The maximum atomic E-state index is 5.69. The lowest BCUT2D eigenvalue weighted by Crippen LogP contribution is -2.30. The quantitative estimate of drug-likeness (QED) is 0.612. The van der Waals surface area contributed by atoms with E-state index in [1.54, 1.807) is 7.11 Å². The van der Waals surface area contributed by atoms with Gasteiger partial charge < -0.3 is 18.9 Å². The van der Waals surface area contributed by atoms with Crippen molar-refractivity contribution < 1.29 is 18.9 Å². The summed E-state index contributed by atoms with van der Waals surface area (Å²) < 4.78 is 22.0. The van der Waals surface area contributed by atoms with Crippen LogP contribution in [0.2, 0.25) is 0 Å². The average Bonchev–Trinajstić information content (AvgIpc) is 2.47. The summed E-state index contributed by atoms with van der Waals surface area (Å²) in [5, 5.41) is 0. The van der Waals surface area contributed by atoms with Crippen LogP contribution in [0.5, 0.6) is 0 Å². The lowest BCUT2D eigenvalue weighted by Gasteiger charge is -2.22. The molecule has 0 unspecified atom stereocenters. The second-order valence-corrected chi connectivity index (χ2v) is 4.01. The predicted octanol–water partition coefficient (Wildman–Crippen LogP) is 0.898. The molecule has 4 nitrogen and oxygen atoms in total. The Hall–Kier alpha value is -0.160. The van der Waals surface area contributed by atoms with Crippen LogP contribution < -0.4 is 0 Å². The van der Waals surface area contributed by atoms with Crippen LogP contribution in [0.15, 0.2) is 0 Å². The highest BCUT2D eigenvalue weighted by atomic mass is 16.8. The fourth-order valence-electron chi connectivity index (χ4n) is 1.95. The van der Waals surface area contributed by atoms with Crippen molar-refractivity contribution >= 4 is 0 Å². The second-order valence-electron chi connectivity index (χ2n) is 4.01. The molecule has 76 valence electrons. The summed E-state index contributed by atoms with van der Waals surface area (Å²) in [6, 6.07) is 0. The van der Waals surface area contributed by atoms with E-state index in [2.05, 4.69) is 0 Å². The normalized spacial score (nSPS) is 48.0. The van der Waals surface area contributed by atoms with Gasteiger partial charge in [0.2, 0.25) is 0 Å². The van der Waals surface area contributed by atoms with Crippen LogP contribution in [0.3, 0.4) is 0 Å². The van der Waals surface area contributed by atoms with Gasteiger partial charge in [-0.05, 0) is 20.8 Å². The van der Waals surface area contributed by atoms with Gasteiger partial charge >= 0.3 is 0 Å². The molecule has 0 N–H and O–H groups in total. The number of ether oxygens (including phenoxy) is 4. The Morgan fingerprint density at radius 2 is 1.77 bits per heavy atom. The summed E-state index contributed by atoms with van der Waals surface area (Å²) in [6.45, 7) is 5.79. The third-order valence-corrected chi connectivity index (χ3v) is 2.48. The molecule has 0 spiro atoms. The number of hydrogen-bond acceptors (Lipinski definition) is 4. The Morgan fingerprint density at radius 1 is 1.15 bits per heavy atom. The van der Waals surface area contributed by atoms with Crippen LogP contribution in [-0.2, 0) is 18.9 Å². The van der Waals surface area contributed by atoms with Gasteiger partial charge in [0, 0.05) is 7.11 Å². The molecule has 2 fully saturated rings. The van der Waals surface area contributed by atoms with E-state index in [0.29, 0.717) is 0 Å². The molecule has 0 saturated carbocycles. The van der Waals surface area contributed by atoms with Crippen molar-refractivity contribution in [1.29, 1.82) is 0 Å². The molecule has 2 aliphatic heterocycles. The molecule has 2 heterocycles. The van der Waals surface area contributed by atoms with Crippen molar-refractivity contribution in [3.8, 4) is 0 Å². The third-order valence-electron chi connectivity index (χ3n) is 2.48. The summed E-state index contributed by atoms with van der Waals surface area (Å²) >= 11 is 0. The highest BCUT2D eigenvalue weighted by molar-refractivity contribution is 4.93. The van der Waals surface area contributed by atoms with Crippen LogP contribution in [0.1, 0.15) is 20.8 Å². The minimum Gasteiger partial charge on any atom is -0.353 e. The van der Waals surface area contributed by atoms with Gasteiger partial charge in [-0.2, -0.15) is 0 Å². The molecule has 2 rings (SSSR count). The zero-order valence-corrected chi connectivity index (χ0v) is 8.44. The van der Waals surface area contributed by atoms with Crippen molar-refractivity contribution in [2.45, 2.75) is 51.2 Å². The van der Waals surface area contributed by atoms with Gasteiger partial charge in [0.15, 0.2) is 12.1 Å². The second kappa shape index (κ2) is 2.92. The monoisotopic (exact) mass is 188 g/mol. The summed E-state index contributed by atoms with van der Waals surface area (Å²) in [6.07, 6.45) is -0.339. The summed E-state index contributed by atoms with van der Waals surface area (Å²) in [5.41, 5.74) is 0. The number of rotatable bonds is 1. The molecule has 0 aromatic heterocycles. The van der Waals surface area contributed by atoms with Gasteiger partial charge in [0.05, 0.1) is 6.10 Å². The molecular formula is C9H16O4. The highest BCUT2D eigenvalue weighted by Crippen LogP contribution is 2.38. The molecule has 4 atom stereocenters. The Bertz CT molecular complexity index is 204. The lowest BCUT2D eigenvalue weighted by molar-refractivity contribution is -0.224. The molecule has 2 saturated heterocycles. The Balaban J connectivity index is 2.12. The minimum atomic E-state index is -0.510. The van der Waals surface area contributed by atoms with Gasteiger partial charge in [-0.3, -0.25) is 0 Å². The molecule has 0 radical (unpaired) electrons. The number of hydrogen-bond donors (Lipinski definition) is 0. The topological polar surface area (TPSA) is 36.9 Å². The van der Waals surface area contributed by atoms with Crippen LogP contribution in [0, 0.1) is 0 Å². The van der Waals surface area contributed by atoms with E-state index in [1.165, 1.54) is 0 Å². The van der Waals surface area contributed by atoms with Crippen LogP contribution >= 0.6 is 0 Å². The molecule has 0 aromatic rings. The zero-order valence-electron chi connectivity index (χ0n) is 8.44. The van der Waals surface area contributed by atoms with E-state index in [0.717, 1.165) is 0 Å². The third kappa shape index (κ3) is 1.48. The van der Waals surface area contributed by atoms with Crippen molar-refractivity contribution in [3.63, 3.8) is 0 Å². The van der Waals surface area contributed by atoms with Gasteiger partial charge in [0.25, 0.3) is 0 Å². The first-order valence-electron chi connectivity index (χ1n) is 4.57. The van der Waals surface area contributed by atoms with Crippen LogP contribution in [-0.4, -0.2) is 37.5 Å². The van der Waals surface area contributed by atoms with Crippen molar-refractivity contribution in [1.82, 2.24) is 0 Å². The van der Waals surface area contributed by atoms with Crippen molar-refractivity contribution in [3.05, 3.63) is 0 Å². The molecule has 0 bridgehead atoms. The average molecular weight is 188 g/mol. The van der Waals surface area contributed by atoms with E-state index in [1.807, 2.05) is 20.8 Å². The molecule has 4 heteroatoms. The van der Waals surface area contributed by atoms with Gasteiger partial charge in [-0.1, -0.05) is 0 Å². The first-order chi connectivity index (χ1) is 6.03. The van der Waals surface area contributed by atoms with Gasteiger partial charge in [-0.15, -0.1) is 0 Å². The van der Waals surface area contributed by atoms with Gasteiger partial charge in [-0.25, -0.2) is 0 Å². The molecule has 13 heavy (non-hydrogen) atoms. The van der Waals surface area contributed by atoms with Crippen LogP contribution in [0.4, 0.5) is 0 Å². The standard InChI is InChI=1S/C9H16O4/c1-5-6-7(8(10-4)11-5)13-9(2,3)12-6/h5-8H,1-4H3/t5-,6-,7-,8-/m0/s1. The highest BCUT2D eigenvalue weighted by Gasteiger charge is 2.53. The van der Waals surface area contributed by atoms with Gasteiger partial charge in [0.1, 0.15) is 12.2 Å². The first kappa shape index (κ1) is 9.40. The first-order valence-corrected chi connectivity index (χ1v) is 4.57. The molecule has 0 aliphatic carbocycles. The van der Waals surface area contributed by atoms with E-state index in [4.69, 9.17) is 18.9 Å². The lowest BCUT2D eigenvalue weighted by atomic mass is 10.2. The minimum absolute atomic E-state index is 0.0000463. The molecule has 2 aliphatic rings. The predicted molar refractivity (Wildman–Crippen MR) is 45.2 cm³/mol. The van der Waals surface area contributed by atoms with E-state index in [-0.39, 0.29) is 24.6 Å². The Morgan fingerprint density at radius 3 is 2.38 bits per heavy atom. The number of fused-ring (bicyclic) bond motifs is 1. The maximum Gasteiger partial charge on any atom is 0.186 e. The molecular weight excluding hydrogens is 172 g/mol. The zero-order chi connectivity index (χ0) is 9.64. The van der Waals surface area contributed by atoms with Crippen molar-refractivity contribution in [2.75, 3.05) is 7.11 Å². The summed E-state index contributed by atoms with van der Waals surface area (Å²) in [7, 11) is 1.62. The summed E-state index contributed by atoms with van der Waals surface area (Å²) in [5.74, 6) is -0.510. The number of methoxy groups -OCH3 is 1. The smallest absolute Gasteiger partial charge is 0.186 e. The Labute approximate surface area is 78.1 Å². The van der Waals surface area contributed by atoms with Crippen molar-refractivity contribution in [2.24, 2.45) is 0 Å². The molecule has 0 amide bonds. The van der Waals surface area contributed by atoms with E-state index >= 15 is 0 Å². The maximum absolute atomic E-state index is 5.69. The Kier molecular flexibility index (Phi) is 2.11. The largest absolute Gasteiger partial charge is 0.353 e. The fraction of sp³-hybridized carbons (Fsp3) is 1.00.